The summed E-state index contributed by atoms with van der Waals surface area (Å²) in [4.78, 5) is 4.63. The Morgan fingerprint density at radius 3 is 2.39 bits per heavy atom. The van der Waals surface area contributed by atoms with Crippen LogP contribution in [0.2, 0.25) is 0 Å². The Balaban J connectivity index is 2.14. The van der Waals surface area contributed by atoms with E-state index in [0.29, 0.717) is 6.61 Å². The second-order valence-electron chi connectivity index (χ2n) is 6.04. The highest BCUT2D eigenvalue weighted by atomic mass is 16.5. The molecule has 1 N–H and O–H groups in total. The van der Waals surface area contributed by atoms with Crippen molar-refractivity contribution in [2.45, 2.75) is 38.9 Å². The van der Waals surface area contributed by atoms with Crippen LogP contribution in [-0.4, -0.2) is 74.0 Å². The molecule has 0 bridgehead atoms. The molecule has 0 aromatic heterocycles. The molecule has 0 saturated carbocycles. The van der Waals surface area contributed by atoms with Gasteiger partial charge in [0, 0.05) is 13.1 Å². The zero-order valence-electron chi connectivity index (χ0n) is 12.4. The van der Waals surface area contributed by atoms with E-state index < -0.39 is 0 Å². The maximum atomic E-state index is 9.89. The summed E-state index contributed by atoms with van der Waals surface area (Å²) in [6.07, 6.45) is 2.34. The van der Waals surface area contributed by atoms with Crippen LogP contribution in [-0.2, 0) is 4.74 Å². The topological polar surface area (TPSA) is 35.9 Å². The maximum Gasteiger partial charge on any atom is 0.0900 e. The minimum atomic E-state index is -0.349. The Morgan fingerprint density at radius 1 is 1.28 bits per heavy atom. The van der Waals surface area contributed by atoms with Gasteiger partial charge < -0.3 is 19.6 Å². The van der Waals surface area contributed by atoms with Gasteiger partial charge in [-0.3, -0.25) is 0 Å². The number of hydrogen-bond acceptors (Lipinski definition) is 4. The van der Waals surface area contributed by atoms with Crippen LogP contribution in [0.15, 0.2) is 0 Å². The Bertz CT molecular complexity index is 214. The third-order valence-corrected chi connectivity index (χ3v) is 3.42. The molecule has 1 atom stereocenters. The Morgan fingerprint density at radius 2 is 1.89 bits per heavy atom. The fraction of sp³-hybridized carbons (Fsp3) is 1.00. The number of nitrogens with zero attached hydrogens (tertiary/aromatic N) is 2. The quantitative estimate of drug-likeness (QED) is 0.740. The molecule has 0 aromatic rings. The molecule has 108 valence electrons. The fourth-order valence-corrected chi connectivity index (χ4v) is 2.52. The molecular weight excluding hydrogens is 228 g/mol. The summed E-state index contributed by atoms with van der Waals surface area (Å²) in [5.74, 6) is 0.820. The van der Waals surface area contributed by atoms with E-state index in [1.807, 2.05) is 13.8 Å². The highest BCUT2D eigenvalue weighted by Crippen LogP contribution is 2.17. The van der Waals surface area contributed by atoms with Crippen LogP contribution in [0.4, 0.5) is 0 Å². The number of likely N-dealkylation sites (tertiary alicyclic amines) is 1. The summed E-state index contributed by atoms with van der Waals surface area (Å²) in [7, 11) is 4.28. The van der Waals surface area contributed by atoms with Gasteiger partial charge in [0.15, 0.2) is 0 Å². The van der Waals surface area contributed by atoms with Crippen LogP contribution in [0, 0.1) is 5.92 Å². The summed E-state index contributed by atoms with van der Waals surface area (Å²) < 4.78 is 5.44. The van der Waals surface area contributed by atoms with E-state index in [1.165, 1.54) is 19.4 Å². The first-order chi connectivity index (χ1) is 8.47. The summed E-state index contributed by atoms with van der Waals surface area (Å²) in [6.45, 7) is 8.61. The summed E-state index contributed by atoms with van der Waals surface area (Å²) in [5.41, 5.74) is 0. The number of hydrogen-bond donors (Lipinski definition) is 1. The van der Waals surface area contributed by atoms with Gasteiger partial charge in [0.2, 0.25) is 0 Å². The molecule has 0 spiro atoms. The highest BCUT2D eigenvalue weighted by Gasteiger charge is 2.21. The first-order valence-electron chi connectivity index (χ1n) is 7.14. The number of aliphatic hydroxyl groups is 1. The minimum absolute atomic E-state index is 0.200. The Labute approximate surface area is 112 Å². The molecular formula is C14H30N2O2. The van der Waals surface area contributed by atoms with Gasteiger partial charge in [0.1, 0.15) is 0 Å². The molecule has 0 radical (unpaired) electrons. The van der Waals surface area contributed by atoms with Crippen molar-refractivity contribution in [3.05, 3.63) is 0 Å². The largest absolute Gasteiger partial charge is 0.389 e. The predicted molar refractivity (Wildman–Crippen MR) is 74.8 cm³/mol. The normalized spacial score (nSPS) is 20.8. The zero-order valence-corrected chi connectivity index (χ0v) is 12.4. The van der Waals surface area contributed by atoms with Crippen molar-refractivity contribution in [1.29, 1.82) is 0 Å². The second kappa shape index (κ2) is 8.10. The van der Waals surface area contributed by atoms with Crippen LogP contribution >= 0.6 is 0 Å². The average molecular weight is 258 g/mol. The summed E-state index contributed by atoms with van der Waals surface area (Å²) in [5, 5.41) is 9.89. The van der Waals surface area contributed by atoms with Crippen molar-refractivity contribution >= 4 is 0 Å². The number of β-amino-alcohol motifs (C(OH)–C–C–N with tert-alkyl or cyclic N) is 1. The van der Waals surface area contributed by atoms with E-state index in [4.69, 9.17) is 4.74 Å². The fourth-order valence-electron chi connectivity index (χ4n) is 2.52. The van der Waals surface area contributed by atoms with Gasteiger partial charge in [-0.05, 0) is 59.8 Å². The molecule has 1 heterocycles. The Kier molecular flexibility index (Phi) is 7.15. The van der Waals surface area contributed by atoms with Crippen molar-refractivity contribution in [3.63, 3.8) is 0 Å². The second-order valence-corrected chi connectivity index (χ2v) is 6.04. The monoisotopic (exact) mass is 258 g/mol. The van der Waals surface area contributed by atoms with Gasteiger partial charge in [-0.25, -0.2) is 0 Å². The van der Waals surface area contributed by atoms with E-state index in [1.54, 1.807) is 0 Å². The Hall–Kier alpha value is -0.160. The molecule has 18 heavy (non-hydrogen) atoms. The third-order valence-electron chi connectivity index (χ3n) is 3.42. The van der Waals surface area contributed by atoms with Crippen molar-refractivity contribution in [2.75, 3.05) is 46.9 Å². The number of aliphatic hydroxyl groups excluding tert-OH is 1. The molecule has 1 aliphatic heterocycles. The standard InChI is InChI=1S/C14H30N2O2/c1-12(2)18-11-14(17)10-16-7-5-13(6-8-16)9-15(3)4/h12-14,17H,5-11H2,1-4H3. The van der Waals surface area contributed by atoms with Crippen LogP contribution in [0.1, 0.15) is 26.7 Å². The number of piperidine rings is 1. The van der Waals surface area contributed by atoms with E-state index in [2.05, 4.69) is 23.9 Å². The molecule has 1 saturated heterocycles. The average Bonchev–Trinajstić information content (AvgIpc) is 2.28. The molecule has 0 aromatic carbocycles. The molecule has 1 rings (SSSR count). The first kappa shape index (κ1) is 15.9. The predicted octanol–water partition coefficient (Wildman–Crippen LogP) is 1.05. The van der Waals surface area contributed by atoms with Gasteiger partial charge in [0.05, 0.1) is 18.8 Å². The third kappa shape index (κ3) is 6.69. The lowest BCUT2D eigenvalue weighted by Crippen LogP contribution is -2.42. The van der Waals surface area contributed by atoms with Crippen LogP contribution in [0.25, 0.3) is 0 Å². The van der Waals surface area contributed by atoms with Gasteiger partial charge in [0.25, 0.3) is 0 Å². The zero-order chi connectivity index (χ0) is 13.5. The SMILES string of the molecule is CC(C)OCC(O)CN1CCC(CN(C)C)CC1. The summed E-state index contributed by atoms with van der Waals surface area (Å²) in [6, 6.07) is 0. The molecule has 0 amide bonds. The van der Waals surface area contributed by atoms with Crippen molar-refractivity contribution in [3.8, 4) is 0 Å². The van der Waals surface area contributed by atoms with Crippen molar-refractivity contribution < 1.29 is 9.84 Å². The van der Waals surface area contributed by atoms with Gasteiger partial charge >= 0.3 is 0 Å². The minimum Gasteiger partial charge on any atom is -0.389 e. The molecule has 1 unspecified atom stereocenters. The molecule has 0 aliphatic carbocycles. The maximum absolute atomic E-state index is 9.89. The van der Waals surface area contributed by atoms with Crippen LogP contribution in [0.5, 0.6) is 0 Å². The lowest BCUT2D eigenvalue weighted by Gasteiger charge is -2.34. The first-order valence-corrected chi connectivity index (χ1v) is 7.14. The van der Waals surface area contributed by atoms with Gasteiger partial charge in [-0.2, -0.15) is 0 Å². The number of rotatable bonds is 7. The number of ether oxygens (including phenoxy) is 1. The van der Waals surface area contributed by atoms with E-state index in [-0.39, 0.29) is 12.2 Å². The molecule has 1 aliphatic rings. The molecule has 4 heteroatoms. The van der Waals surface area contributed by atoms with Gasteiger partial charge in [-0.15, -0.1) is 0 Å². The summed E-state index contributed by atoms with van der Waals surface area (Å²) >= 11 is 0. The van der Waals surface area contributed by atoms with Crippen LogP contribution in [0.3, 0.4) is 0 Å². The lowest BCUT2D eigenvalue weighted by atomic mass is 9.96. The lowest BCUT2D eigenvalue weighted by molar-refractivity contribution is -0.0128. The highest BCUT2D eigenvalue weighted by molar-refractivity contribution is 4.75. The molecule has 4 nitrogen and oxygen atoms in total. The van der Waals surface area contributed by atoms with E-state index in [9.17, 15) is 5.11 Å². The van der Waals surface area contributed by atoms with Crippen molar-refractivity contribution in [2.24, 2.45) is 5.92 Å². The molecule has 1 fully saturated rings. The van der Waals surface area contributed by atoms with E-state index >= 15 is 0 Å². The van der Waals surface area contributed by atoms with Crippen LogP contribution < -0.4 is 0 Å². The smallest absolute Gasteiger partial charge is 0.0900 e. The van der Waals surface area contributed by atoms with Crippen molar-refractivity contribution in [1.82, 2.24) is 9.80 Å². The van der Waals surface area contributed by atoms with Gasteiger partial charge in [-0.1, -0.05) is 0 Å². The van der Waals surface area contributed by atoms with E-state index in [0.717, 1.165) is 25.6 Å².